The Bertz CT molecular complexity index is 595. The molecule has 1 atom stereocenters. The monoisotopic (exact) mass is 243 g/mol. The van der Waals surface area contributed by atoms with Crippen LogP contribution in [0.4, 0.5) is 0 Å². The molecule has 0 aliphatic rings. The summed E-state index contributed by atoms with van der Waals surface area (Å²) in [7, 11) is 3.71. The summed E-state index contributed by atoms with van der Waals surface area (Å²) in [4.78, 5) is 4.57. The van der Waals surface area contributed by atoms with E-state index in [1.807, 2.05) is 26.1 Å². The Kier molecular flexibility index (Phi) is 3.63. The second-order valence-corrected chi connectivity index (χ2v) is 4.46. The lowest BCUT2D eigenvalue weighted by Gasteiger charge is -2.08. The largest absolute Gasteiger partial charge is 0.382 e. The van der Waals surface area contributed by atoms with Gasteiger partial charge in [0.05, 0.1) is 17.2 Å². The summed E-state index contributed by atoms with van der Waals surface area (Å²) in [5.74, 6) is 0.997. The Morgan fingerprint density at radius 2 is 2.28 bits per heavy atom. The standard InChI is InChI=1S/C14H17N3O/c1-10(18-3)7-8-13-16-14-11(9-15)5-4-6-12(14)17(13)2/h4-6,10H,7-8H2,1-3H3. The number of hydrogen-bond donors (Lipinski definition) is 0. The minimum Gasteiger partial charge on any atom is -0.382 e. The fourth-order valence-corrected chi connectivity index (χ4v) is 2.03. The van der Waals surface area contributed by atoms with E-state index in [4.69, 9.17) is 10.00 Å². The average Bonchev–Trinajstić information content (AvgIpc) is 2.73. The summed E-state index contributed by atoms with van der Waals surface area (Å²) in [6.07, 6.45) is 2.00. The molecule has 0 aliphatic carbocycles. The van der Waals surface area contributed by atoms with Crippen molar-refractivity contribution in [2.45, 2.75) is 25.9 Å². The zero-order chi connectivity index (χ0) is 13.1. The number of nitrogens with zero attached hydrogens (tertiary/aromatic N) is 3. The number of para-hydroxylation sites is 1. The number of aromatic nitrogens is 2. The van der Waals surface area contributed by atoms with E-state index in [-0.39, 0.29) is 6.10 Å². The Morgan fingerprint density at radius 3 is 2.94 bits per heavy atom. The fourth-order valence-electron chi connectivity index (χ4n) is 2.03. The quantitative estimate of drug-likeness (QED) is 0.828. The van der Waals surface area contributed by atoms with E-state index < -0.39 is 0 Å². The van der Waals surface area contributed by atoms with Gasteiger partial charge in [-0.25, -0.2) is 4.98 Å². The third kappa shape index (κ3) is 2.22. The van der Waals surface area contributed by atoms with Gasteiger partial charge in [0.2, 0.25) is 0 Å². The van der Waals surface area contributed by atoms with Crippen LogP contribution in [0.1, 0.15) is 24.7 Å². The Hall–Kier alpha value is -1.86. The first-order valence-electron chi connectivity index (χ1n) is 6.04. The lowest BCUT2D eigenvalue weighted by Crippen LogP contribution is -2.08. The molecule has 94 valence electrons. The van der Waals surface area contributed by atoms with Crippen molar-refractivity contribution in [3.63, 3.8) is 0 Å². The van der Waals surface area contributed by atoms with Crippen LogP contribution in [0, 0.1) is 11.3 Å². The van der Waals surface area contributed by atoms with Crippen LogP contribution in [-0.2, 0) is 18.2 Å². The van der Waals surface area contributed by atoms with Crippen molar-refractivity contribution in [2.24, 2.45) is 7.05 Å². The van der Waals surface area contributed by atoms with Gasteiger partial charge in [-0.3, -0.25) is 0 Å². The van der Waals surface area contributed by atoms with Gasteiger partial charge in [-0.1, -0.05) is 6.07 Å². The maximum Gasteiger partial charge on any atom is 0.109 e. The van der Waals surface area contributed by atoms with Gasteiger partial charge in [0, 0.05) is 20.6 Å². The number of methoxy groups -OCH3 is 1. The Labute approximate surface area is 107 Å². The van der Waals surface area contributed by atoms with Crippen molar-refractivity contribution < 1.29 is 4.74 Å². The first-order valence-corrected chi connectivity index (χ1v) is 6.04. The molecular weight excluding hydrogens is 226 g/mol. The molecule has 4 heteroatoms. The van der Waals surface area contributed by atoms with Crippen molar-refractivity contribution >= 4 is 11.0 Å². The van der Waals surface area contributed by atoms with Crippen LogP contribution in [-0.4, -0.2) is 22.8 Å². The third-order valence-corrected chi connectivity index (χ3v) is 3.30. The first kappa shape index (κ1) is 12.6. The smallest absolute Gasteiger partial charge is 0.109 e. The van der Waals surface area contributed by atoms with E-state index in [1.165, 1.54) is 0 Å². The molecule has 0 amide bonds. The topological polar surface area (TPSA) is 50.8 Å². The molecule has 0 spiro atoms. The highest BCUT2D eigenvalue weighted by molar-refractivity contribution is 5.82. The van der Waals surface area contributed by atoms with Crippen LogP contribution in [0.15, 0.2) is 18.2 Å². The molecule has 0 bridgehead atoms. The molecule has 1 heterocycles. The van der Waals surface area contributed by atoms with Gasteiger partial charge < -0.3 is 9.30 Å². The SMILES string of the molecule is COC(C)CCc1nc2c(C#N)cccc2n1C. The van der Waals surface area contributed by atoms with Crippen LogP contribution in [0.25, 0.3) is 11.0 Å². The third-order valence-electron chi connectivity index (χ3n) is 3.30. The maximum absolute atomic E-state index is 9.07. The molecule has 2 rings (SSSR count). The minimum absolute atomic E-state index is 0.222. The molecule has 0 fully saturated rings. The van der Waals surface area contributed by atoms with E-state index in [1.54, 1.807) is 13.2 Å². The number of hydrogen-bond acceptors (Lipinski definition) is 3. The minimum atomic E-state index is 0.222. The highest BCUT2D eigenvalue weighted by Gasteiger charge is 2.11. The van der Waals surface area contributed by atoms with Crippen molar-refractivity contribution in [2.75, 3.05) is 7.11 Å². The lowest BCUT2D eigenvalue weighted by atomic mass is 10.2. The molecule has 0 saturated carbocycles. The fraction of sp³-hybridized carbons (Fsp3) is 0.429. The van der Waals surface area contributed by atoms with Crippen molar-refractivity contribution in [3.05, 3.63) is 29.6 Å². The number of fused-ring (bicyclic) bond motifs is 1. The molecule has 1 aromatic heterocycles. The second-order valence-electron chi connectivity index (χ2n) is 4.46. The summed E-state index contributed by atoms with van der Waals surface area (Å²) in [6.45, 7) is 2.05. The highest BCUT2D eigenvalue weighted by Crippen LogP contribution is 2.19. The summed E-state index contributed by atoms with van der Waals surface area (Å²) in [6, 6.07) is 7.87. The van der Waals surface area contributed by atoms with Gasteiger partial charge in [0.15, 0.2) is 0 Å². The summed E-state index contributed by atoms with van der Waals surface area (Å²) < 4.78 is 7.30. The van der Waals surface area contributed by atoms with Gasteiger partial charge in [-0.2, -0.15) is 5.26 Å². The first-order chi connectivity index (χ1) is 8.67. The van der Waals surface area contributed by atoms with Gasteiger partial charge in [0.1, 0.15) is 17.4 Å². The van der Waals surface area contributed by atoms with Gasteiger partial charge in [-0.05, 0) is 25.5 Å². The predicted molar refractivity (Wildman–Crippen MR) is 70.2 cm³/mol. The molecule has 1 unspecified atom stereocenters. The van der Waals surface area contributed by atoms with Crippen LogP contribution in [0.5, 0.6) is 0 Å². The van der Waals surface area contributed by atoms with Crippen LogP contribution in [0.3, 0.4) is 0 Å². The maximum atomic E-state index is 9.07. The van der Waals surface area contributed by atoms with Crippen LogP contribution in [0.2, 0.25) is 0 Å². The van der Waals surface area contributed by atoms with E-state index in [0.717, 1.165) is 29.7 Å². The van der Waals surface area contributed by atoms with Crippen molar-refractivity contribution in [1.29, 1.82) is 5.26 Å². The molecule has 0 aliphatic heterocycles. The van der Waals surface area contributed by atoms with Crippen molar-refractivity contribution in [3.8, 4) is 6.07 Å². The van der Waals surface area contributed by atoms with E-state index in [9.17, 15) is 0 Å². The van der Waals surface area contributed by atoms with Crippen molar-refractivity contribution in [1.82, 2.24) is 9.55 Å². The molecular formula is C14H17N3O. The van der Waals surface area contributed by atoms with Crippen LogP contribution >= 0.6 is 0 Å². The Morgan fingerprint density at radius 1 is 1.50 bits per heavy atom. The number of imidazole rings is 1. The number of nitriles is 1. The molecule has 4 nitrogen and oxygen atoms in total. The van der Waals surface area contributed by atoms with Gasteiger partial charge >= 0.3 is 0 Å². The zero-order valence-corrected chi connectivity index (χ0v) is 11.0. The lowest BCUT2D eigenvalue weighted by molar-refractivity contribution is 0.110. The second kappa shape index (κ2) is 5.19. The molecule has 0 saturated heterocycles. The highest BCUT2D eigenvalue weighted by atomic mass is 16.5. The summed E-state index contributed by atoms with van der Waals surface area (Å²) in [5, 5.41) is 9.07. The predicted octanol–water partition coefficient (Wildman–Crippen LogP) is 2.41. The average molecular weight is 243 g/mol. The Balaban J connectivity index is 2.36. The van der Waals surface area contributed by atoms with Gasteiger partial charge in [0.25, 0.3) is 0 Å². The number of benzene rings is 1. The van der Waals surface area contributed by atoms with Crippen LogP contribution < -0.4 is 0 Å². The van der Waals surface area contributed by atoms with E-state index in [2.05, 4.69) is 15.6 Å². The molecule has 1 aromatic carbocycles. The number of ether oxygens (including phenoxy) is 1. The molecule has 0 radical (unpaired) electrons. The molecule has 0 N–H and O–H groups in total. The summed E-state index contributed by atoms with van der Waals surface area (Å²) in [5.41, 5.74) is 2.44. The van der Waals surface area contributed by atoms with E-state index >= 15 is 0 Å². The number of aryl methyl sites for hydroxylation is 2. The van der Waals surface area contributed by atoms with Gasteiger partial charge in [-0.15, -0.1) is 0 Å². The van der Waals surface area contributed by atoms with E-state index in [0.29, 0.717) is 5.56 Å². The zero-order valence-electron chi connectivity index (χ0n) is 11.0. The summed E-state index contributed by atoms with van der Waals surface area (Å²) >= 11 is 0. The molecule has 2 aromatic rings. The molecule has 18 heavy (non-hydrogen) atoms. The normalized spacial score (nSPS) is 12.6. The number of rotatable bonds is 4.